The molecule has 7 nitrogen and oxygen atoms in total. The number of anilines is 1. The zero-order chi connectivity index (χ0) is 22.1. The first-order chi connectivity index (χ1) is 14.4. The van der Waals surface area contributed by atoms with Gasteiger partial charge in [0.05, 0.1) is 12.2 Å². The van der Waals surface area contributed by atoms with Gasteiger partial charge in [-0.25, -0.2) is 9.59 Å². The van der Waals surface area contributed by atoms with Crippen molar-refractivity contribution in [2.75, 3.05) is 18.5 Å². The van der Waals surface area contributed by atoms with Gasteiger partial charge in [-0.15, -0.1) is 11.3 Å². The first-order valence-corrected chi connectivity index (χ1v) is 10.2. The van der Waals surface area contributed by atoms with Gasteiger partial charge in [0.15, 0.2) is 5.78 Å². The molecule has 0 unspecified atom stereocenters. The van der Waals surface area contributed by atoms with Crippen LogP contribution in [0.4, 0.5) is 5.00 Å². The van der Waals surface area contributed by atoms with Gasteiger partial charge < -0.3 is 14.8 Å². The number of hydrogen-bond donors (Lipinski definition) is 1. The number of thiophene rings is 1. The summed E-state index contributed by atoms with van der Waals surface area (Å²) in [5.41, 5.74) is 0.995. The molecular weight excluding hydrogens is 406 g/mol. The van der Waals surface area contributed by atoms with Crippen LogP contribution in [0.15, 0.2) is 43.0 Å². The Kier molecular flexibility index (Phi) is 8.49. The van der Waals surface area contributed by atoms with Crippen molar-refractivity contribution in [3.05, 3.63) is 64.6 Å². The van der Waals surface area contributed by atoms with Crippen LogP contribution >= 0.6 is 11.3 Å². The van der Waals surface area contributed by atoms with Crippen LogP contribution in [-0.4, -0.2) is 36.8 Å². The minimum Gasteiger partial charge on any atom is -0.462 e. The highest BCUT2D eigenvalue weighted by molar-refractivity contribution is 7.18. The fourth-order valence-electron chi connectivity index (χ4n) is 2.63. The summed E-state index contributed by atoms with van der Waals surface area (Å²) in [6, 6.07) is 8.67. The maximum absolute atomic E-state index is 12.4. The number of nitrogens with one attached hydrogen (secondary N) is 1. The van der Waals surface area contributed by atoms with Crippen molar-refractivity contribution in [3.8, 4) is 0 Å². The van der Waals surface area contributed by atoms with Crippen molar-refractivity contribution in [3.63, 3.8) is 0 Å². The van der Waals surface area contributed by atoms with E-state index in [2.05, 4.69) is 11.9 Å². The van der Waals surface area contributed by atoms with Crippen molar-refractivity contribution in [2.24, 2.45) is 0 Å². The summed E-state index contributed by atoms with van der Waals surface area (Å²) in [5, 5.41) is 2.82. The van der Waals surface area contributed by atoms with Crippen LogP contribution in [0.5, 0.6) is 0 Å². The largest absolute Gasteiger partial charge is 0.462 e. The molecule has 1 heterocycles. The van der Waals surface area contributed by atoms with E-state index in [-0.39, 0.29) is 47.3 Å². The van der Waals surface area contributed by atoms with Gasteiger partial charge in [-0.1, -0.05) is 43.0 Å². The second kappa shape index (κ2) is 11.1. The Hall–Kier alpha value is -3.26. The van der Waals surface area contributed by atoms with E-state index in [1.165, 1.54) is 6.08 Å². The first kappa shape index (κ1) is 23.0. The number of carbonyl (C=O) groups excluding carboxylic acids is 4. The predicted octanol–water partition coefficient (Wildman–Crippen LogP) is 4.18. The van der Waals surface area contributed by atoms with E-state index >= 15 is 0 Å². The predicted molar refractivity (Wildman–Crippen MR) is 114 cm³/mol. The molecule has 8 heteroatoms. The van der Waals surface area contributed by atoms with Gasteiger partial charge in [0.25, 0.3) is 0 Å². The molecule has 0 atom stereocenters. The van der Waals surface area contributed by atoms with Crippen molar-refractivity contribution in [1.82, 2.24) is 0 Å². The average Bonchev–Trinajstić information content (AvgIpc) is 3.06. The highest BCUT2D eigenvalue weighted by atomic mass is 32.1. The summed E-state index contributed by atoms with van der Waals surface area (Å²) >= 11 is 0.931. The fourth-order valence-corrected chi connectivity index (χ4v) is 3.73. The number of benzene rings is 1. The molecule has 0 saturated heterocycles. The number of Topliss-reactive ketones (excluding diaryl/α,β-unsaturated/α-hetero) is 1. The Balaban J connectivity index is 2.16. The van der Waals surface area contributed by atoms with Crippen LogP contribution < -0.4 is 5.32 Å². The van der Waals surface area contributed by atoms with Gasteiger partial charge in [0.2, 0.25) is 5.91 Å². The van der Waals surface area contributed by atoms with Crippen LogP contribution in [0.25, 0.3) is 0 Å². The van der Waals surface area contributed by atoms with E-state index in [1.807, 2.05) is 0 Å². The molecular formula is C22H23NO6S. The zero-order valence-electron chi connectivity index (χ0n) is 16.9. The molecule has 158 valence electrons. The molecule has 1 N–H and O–H groups in total. The molecule has 1 amide bonds. The van der Waals surface area contributed by atoms with Crippen LogP contribution in [0.2, 0.25) is 0 Å². The molecule has 2 rings (SSSR count). The third kappa shape index (κ3) is 5.87. The molecule has 30 heavy (non-hydrogen) atoms. The zero-order valence-corrected chi connectivity index (χ0v) is 17.7. The Labute approximate surface area is 178 Å². The van der Waals surface area contributed by atoms with Gasteiger partial charge in [-0.3, -0.25) is 9.59 Å². The van der Waals surface area contributed by atoms with Crippen LogP contribution in [-0.2, 0) is 14.3 Å². The second-order valence-corrected chi connectivity index (χ2v) is 7.23. The lowest BCUT2D eigenvalue weighted by molar-refractivity contribution is -0.116. The van der Waals surface area contributed by atoms with Crippen LogP contribution in [0.3, 0.4) is 0 Å². The Morgan fingerprint density at radius 2 is 1.77 bits per heavy atom. The van der Waals surface area contributed by atoms with Gasteiger partial charge in [0, 0.05) is 18.4 Å². The summed E-state index contributed by atoms with van der Waals surface area (Å²) in [4.78, 5) is 49.4. The molecule has 1 aromatic heterocycles. The molecule has 0 bridgehead atoms. The lowest BCUT2D eigenvalue weighted by Gasteiger charge is -2.07. The smallest absolute Gasteiger partial charge is 0.348 e. The van der Waals surface area contributed by atoms with Crippen molar-refractivity contribution in [1.29, 1.82) is 0 Å². The maximum Gasteiger partial charge on any atom is 0.348 e. The molecule has 0 aliphatic rings. The monoisotopic (exact) mass is 429 g/mol. The van der Waals surface area contributed by atoms with Crippen molar-refractivity contribution < 1.29 is 28.7 Å². The topological polar surface area (TPSA) is 98.8 Å². The molecule has 0 aliphatic carbocycles. The summed E-state index contributed by atoms with van der Waals surface area (Å²) in [7, 11) is 0. The lowest BCUT2D eigenvalue weighted by atomic mass is 10.1. The maximum atomic E-state index is 12.4. The fraction of sp³-hybridized carbons (Fsp3) is 0.273. The second-order valence-electron chi connectivity index (χ2n) is 6.21. The van der Waals surface area contributed by atoms with Gasteiger partial charge >= 0.3 is 11.9 Å². The van der Waals surface area contributed by atoms with E-state index in [1.54, 1.807) is 44.2 Å². The van der Waals surface area contributed by atoms with E-state index < -0.39 is 17.8 Å². The van der Waals surface area contributed by atoms with E-state index in [4.69, 9.17) is 9.47 Å². The summed E-state index contributed by atoms with van der Waals surface area (Å²) in [6.07, 6.45) is 1.38. The van der Waals surface area contributed by atoms with Gasteiger partial charge in [-0.2, -0.15) is 0 Å². The minimum absolute atomic E-state index is 0.0170. The van der Waals surface area contributed by atoms with Crippen molar-refractivity contribution >= 4 is 40.0 Å². The minimum atomic E-state index is -0.648. The summed E-state index contributed by atoms with van der Waals surface area (Å²) in [5.74, 6) is -1.88. The van der Waals surface area contributed by atoms with E-state index in [9.17, 15) is 19.2 Å². The number of rotatable bonds is 10. The Bertz CT molecular complexity index is 948. The number of ketones is 1. The summed E-state index contributed by atoms with van der Waals surface area (Å²) in [6.45, 7) is 6.90. The Morgan fingerprint density at radius 1 is 1.07 bits per heavy atom. The van der Waals surface area contributed by atoms with E-state index in [0.29, 0.717) is 11.1 Å². The van der Waals surface area contributed by atoms with Gasteiger partial charge in [-0.05, 0) is 19.4 Å². The van der Waals surface area contributed by atoms with Crippen molar-refractivity contribution in [2.45, 2.75) is 26.7 Å². The highest BCUT2D eigenvalue weighted by Gasteiger charge is 2.27. The number of amides is 1. The number of hydrogen-bond acceptors (Lipinski definition) is 7. The van der Waals surface area contributed by atoms with Crippen LogP contribution in [0, 0.1) is 6.92 Å². The summed E-state index contributed by atoms with van der Waals surface area (Å²) < 4.78 is 10.1. The average molecular weight is 429 g/mol. The Morgan fingerprint density at radius 3 is 2.40 bits per heavy atom. The first-order valence-electron chi connectivity index (χ1n) is 9.35. The normalized spacial score (nSPS) is 10.2. The SMILES string of the molecule is C=CCOC(=O)c1sc(NC(=O)CCC(=O)c2ccccc2)c(C(=O)OCC)c1C. The number of ether oxygens (including phenoxy) is 2. The molecule has 0 saturated carbocycles. The quantitative estimate of drug-likeness (QED) is 0.346. The number of esters is 2. The highest BCUT2D eigenvalue weighted by Crippen LogP contribution is 2.34. The molecule has 0 radical (unpaired) electrons. The molecule has 0 aliphatic heterocycles. The van der Waals surface area contributed by atoms with E-state index in [0.717, 1.165) is 11.3 Å². The molecule has 0 fully saturated rings. The number of carbonyl (C=O) groups is 4. The third-order valence-electron chi connectivity index (χ3n) is 4.07. The molecule has 1 aromatic carbocycles. The molecule has 0 spiro atoms. The standard InChI is InChI=1S/C22H23NO6S/c1-4-13-29-22(27)19-14(3)18(21(26)28-5-2)20(30-19)23-17(25)12-11-16(24)15-9-7-6-8-10-15/h4,6-10H,1,5,11-13H2,2-3H3,(H,23,25). The van der Waals surface area contributed by atoms with Crippen LogP contribution in [0.1, 0.15) is 55.7 Å². The third-order valence-corrected chi connectivity index (χ3v) is 5.26. The lowest BCUT2D eigenvalue weighted by Crippen LogP contribution is -2.16. The van der Waals surface area contributed by atoms with Gasteiger partial charge in [0.1, 0.15) is 16.5 Å². The molecule has 2 aromatic rings.